The van der Waals surface area contributed by atoms with Crippen LogP contribution in [0.15, 0.2) is 0 Å². The summed E-state index contributed by atoms with van der Waals surface area (Å²) >= 11 is 3.11. The van der Waals surface area contributed by atoms with E-state index in [1.165, 1.54) is 13.8 Å². The molecule has 9 atom stereocenters. The second-order valence-electron chi connectivity index (χ2n) is 7.45. The zero-order valence-electron chi connectivity index (χ0n) is 15.8. The average Bonchev–Trinajstić information content (AvgIpc) is 2.91. The minimum absolute atomic E-state index is 0.504. The largest absolute Gasteiger partial charge is 0.462 e. The van der Waals surface area contributed by atoms with Crippen molar-refractivity contribution in [3.05, 3.63) is 0 Å². The fourth-order valence-corrected chi connectivity index (χ4v) is 3.06. The minimum Gasteiger partial charge on any atom is -0.462 e. The molecule has 0 aliphatic carbocycles. The molecule has 170 valence electrons. The maximum atomic E-state index is 11.9. The molecule has 0 aromatic heterocycles. The van der Waals surface area contributed by atoms with Crippen LogP contribution in [0, 0.1) is 0 Å². The summed E-state index contributed by atoms with van der Waals surface area (Å²) < 4.78 is 19.9. The summed E-state index contributed by atoms with van der Waals surface area (Å²) in [6, 6.07) is 0. The van der Waals surface area contributed by atoms with Crippen molar-refractivity contribution < 1.29 is 59.5 Å². The number of alkyl halides is 1. The van der Waals surface area contributed by atoms with E-state index in [1.54, 1.807) is 0 Å². The zero-order chi connectivity index (χ0) is 22.1. The molecule has 0 radical (unpaired) electrons. The van der Waals surface area contributed by atoms with Crippen LogP contribution in [0.4, 0.5) is 0 Å². The van der Waals surface area contributed by atoms with E-state index in [1.807, 2.05) is 0 Å². The van der Waals surface area contributed by atoms with Crippen LogP contribution in [0.5, 0.6) is 0 Å². The first-order valence-electron chi connectivity index (χ1n) is 8.87. The molecule has 2 saturated heterocycles. The summed E-state index contributed by atoms with van der Waals surface area (Å²) in [7, 11) is 0. The first-order valence-corrected chi connectivity index (χ1v) is 9.66. The van der Waals surface area contributed by atoms with Crippen LogP contribution < -0.4 is 0 Å². The van der Waals surface area contributed by atoms with Gasteiger partial charge in [0.25, 0.3) is 0 Å². The minimum atomic E-state index is -2.28. The quantitative estimate of drug-likeness (QED) is 0.136. The van der Waals surface area contributed by atoms with Crippen molar-refractivity contribution in [2.24, 2.45) is 0 Å². The fourth-order valence-electron chi connectivity index (χ4n) is 2.95. The van der Waals surface area contributed by atoms with Crippen LogP contribution in [0.1, 0.15) is 13.8 Å². The van der Waals surface area contributed by atoms with Crippen LogP contribution in [-0.4, -0.2) is 121 Å². The third kappa shape index (κ3) is 5.07. The molecule has 0 unspecified atom stereocenters. The van der Waals surface area contributed by atoms with Crippen molar-refractivity contribution in [2.75, 3.05) is 19.8 Å². The lowest BCUT2D eigenvalue weighted by Gasteiger charge is -2.43. The molecule has 29 heavy (non-hydrogen) atoms. The maximum absolute atomic E-state index is 11.9. The number of hydrogen-bond donors (Lipinski definition) is 7. The lowest BCUT2D eigenvalue weighted by atomic mass is 9.99. The molecule has 0 aromatic carbocycles. The summed E-state index contributed by atoms with van der Waals surface area (Å²) in [5.74, 6) is -2.96. The van der Waals surface area contributed by atoms with Gasteiger partial charge in [-0.15, -0.1) is 0 Å². The Morgan fingerprint density at radius 2 is 1.66 bits per heavy atom. The topological polar surface area (TPSA) is 196 Å². The van der Waals surface area contributed by atoms with Crippen LogP contribution >= 0.6 is 15.9 Å². The number of esters is 1. The summed E-state index contributed by atoms with van der Waals surface area (Å²) in [6.07, 6.45) is -13.1. The molecule has 0 aromatic rings. The van der Waals surface area contributed by atoms with Gasteiger partial charge in [0.2, 0.25) is 5.79 Å². The summed E-state index contributed by atoms with van der Waals surface area (Å²) in [6.45, 7) is 0.871. The van der Waals surface area contributed by atoms with Crippen molar-refractivity contribution in [2.45, 2.75) is 73.0 Å². The third-order valence-electron chi connectivity index (χ3n) is 4.75. The standard InChI is InChI=1S/C16H27BrO12/c1-15(2,17)14(25)26-4-7-8(20)10(22)11(23)13(27-7)29-16(5-19)12(24)9(21)6(3-18)28-16/h6-13,18-24H,3-5H2,1-2H3/t6-,7-,8-,9-,10+,11-,12+,13-,16+/m1/s1. The Morgan fingerprint density at radius 3 is 2.14 bits per heavy atom. The lowest BCUT2D eigenvalue weighted by Crippen LogP contribution is -2.63. The predicted molar refractivity (Wildman–Crippen MR) is 95.5 cm³/mol. The monoisotopic (exact) mass is 490 g/mol. The van der Waals surface area contributed by atoms with E-state index in [4.69, 9.17) is 18.9 Å². The Balaban J connectivity index is 2.14. The highest BCUT2D eigenvalue weighted by Crippen LogP contribution is 2.36. The highest BCUT2D eigenvalue weighted by molar-refractivity contribution is 9.10. The number of rotatable bonds is 7. The second-order valence-corrected chi connectivity index (χ2v) is 9.43. The maximum Gasteiger partial charge on any atom is 0.322 e. The molecule has 12 nitrogen and oxygen atoms in total. The summed E-state index contributed by atoms with van der Waals surface area (Å²) in [5, 5.41) is 69.3. The molecule has 2 aliphatic heterocycles. The molecule has 2 rings (SSSR count). The molecule has 0 saturated carbocycles. The molecule has 2 fully saturated rings. The molecule has 0 amide bonds. The van der Waals surface area contributed by atoms with Crippen molar-refractivity contribution >= 4 is 21.9 Å². The Bertz CT molecular complexity index is 571. The van der Waals surface area contributed by atoms with Gasteiger partial charge in [-0.3, -0.25) is 4.79 Å². The van der Waals surface area contributed by atoms with Gasteiger partial charge < -0.3 is 54.7 Å². The van der Waals surface area contributed by atoms with Gasteiger partial charge in [0.05, 0.1) is 6.61 Å². The van der Waals surface area contributed by atoms with Gasteiger partial charge >= 0.3 is 5.97 Å². The van der Waals surface area contributed by atoms with Crippen molar-refractivity contribution in [3.63, 3.8) is 0 Å². The van der Waals surface area contributed by atoms with Crippen LogP contribution in [0.2, 0.25) is 0 Å². The van der Waals surface area contributed by atoms with Gasteiger partial charge in [0, 0.05) is 0 Å². The van der Waals surface area contributed by atoms with Gasteiger partial charge in [-0.05, 0) is 13.8 Å². The predicted octanol–water partition coefficient (Wildman–Crippen LogP) is -3.67. The Hall–Kier alpha value is -0.450. The molecular formula is C16H27BrO12. The molecular weight excluding hydrogens is 464 g/mol. The SMILES string of the molecule is CC(C)(Br)C(=O)OC[C@H]1O[C@H](O[C@]2(CO)O[C@H](CO)[C@@H](O)[C@@H]2O)[C@H](O)[C@@H](O)[C@@H]1O. The average molecular weight is 491 g/mol. The molecule has 2 aliphatic rings. The first kappa shape index (κ1) is 24.8. The van der Waals surface area contributed by atoms with E-state index in [9.17, 15) is 40.5 Å². The van der Waals surface area contributed by atoms with E-state index in [-0.39, 0.29) is 0 Å². The Kier molecular flexibility index (Phi) is 8.01. The summed E-state index contributed by atoms with van der Waals surface area (Å²) in [4.78, 5) is 11.9. The van der Waals surface area contributed by atoms with Crippen molar-refractivity contribution in [1.29, 1.82) is 0 Å². The molecule has 13 heteroatoms. The Morgan fingerprint density at radius 1 is 1.03 bits per heavy atom. The van der Waals surface area contributed by atoms with Gasteiger partial charge in [0.1, 0.15) is 60.3 Å². The van der Waals surface area contributed by atoms with Gasteiger partial charge in [-0.2, -0.15) is 0 Å². The molecule has 7 N–H and O–H groups in total. The number of aliphatic hydroxyl groups is 7. The molecule has 0 spiro atoms. The van der Waals surface area contributed by atoms with Crippen LogP contribution in [-0.2, 0) is 23.7 Å². The van der Waals surface area contributed by atoms with E-state index >= 15 is 0 Å². The van der Waals surface area contributed by atoms with Crippen LogP contribution in [0.3, 0.4) is 0 Å². The molecule has 2 heterocycles. The first-order chi connectivity index (χ1) is 13.4. The normalized spacial score (nSPS) is 43.4. The van der Waals surface area contributed by atoms with E-state index in [0.29, 0.717) is 0 Å². The third-order valence-corrected chi connectivity index (χ3v) is 5.08. The van der Waals surface area contributed by atoms with E-state index in [2.05, 4.69) is 15.9 Å². The van der Waals surface area contributed by atoms with Crippen molar-refractivity contribution in [1.82, 2.24) is 0 Å². The van der Waals surface area contributed by atoms with Crippen LogP contribution in [0.25, 0.3) is 0 Å². The van der Waals surface area contributed by atoms with Gasteiger partial charge in [-0.25, -0.2) is 0 Å². The number of halogens is 1. The number of carbonyl (C=O) groups is 1. The lowest BCUT2D eigenvalue weighted by molar-refractivity contribution is -0.383. The molecule has 0 bridgehead atoms. The summed E-state index contributed by atoms with van der Waals surface area (Å²) in [5.41, 5.74) is 0. The number of aliphatic hydroxyl groups excluding tert-OH is 7. The number of hydrogen-bond acceptors (Lipinski definition) is 12. The fraction of sp³-hybridized carbons (Fsp3) is 0.938. The number of ether oxygens (including phenoxy) is 4. The van der Waals surface area contributed by atoms with Crippen molar-refractivity contribution in [3.8, 4) is 0 Å². The zero-order valence-corrected chi connectivity index (χ0v) is 17.4. The highest BCUT2D eigenvalue weighted by atomic mass is 79.9. The van der Waals surface area contributed by atoms with E-state index < -0.39 is 84.9 Å². The Labute approximate surface area is 174 Å². The second kappa shape index (κ2) is 9.36. The highest BCUT2D eigenvalue weighted by Gasteiger charge is 2.58. The van der Waals surface area contributed by atoms with E-state index in [0.717, 1.165) is 0 Å². The number of carbonyl (C=O) groups excluding carboxylic acids is 1. The van der Waals surface area contributed by atoms with Gasteiger partial charge in [0.15, 0.2) is 6.29 Å². The smallest absolute Gasteiger partial charge is 0.322 e. The van der Waals surface area contributed by atoms with Gasteiger partial charge in [-0.1, -0.05) is 15.9 Å².